The average molecular weight is 342 g/mol. The van der Waals surface area contributed by atoms with Crippen LogP contribution in [0.2, 0.25) is 0 Å². The zero-order valence-electron chi connectivity index (χ0n) is 12.2. The van der Waals surface area contributed by atoms with Crippen LogP contribution in [0.15, 0.2) is 39.2 Å². The molecule has 0 aliphatic carbocycles. The van der Waals surface area contributed by atoms with Gasteiger partial charge < -0.3 is 9.64 Å². The molecule has 0 unspecified atom stereocenters. The maximum Gasteiger partial charge on any atom is 0.411 e. The highest BCUT2D eigenvalue weighted by Crippen LogP contribution is 2.26. The van der Waals surface area contributed by atoms with E-state index in [1.54, 1.807) is 14.0 Å². The van der Waals surface area contributed by atoms with Gasteiger partial charge in [-0.1, -0.05) is 13.0 Å². The van der Waals surface area contributed by atoms with Crippen LogP contribution in [0, 0.1) is 0 Å². The summed E-state index contributed by atoms with van der Waals surface area (Å²) in [5.41, 5.74) is 1.56. The summed E-state index contributed by atoms with van der Waals surface area (Å²) in [6.07, 6.45) is 6.17. The Hall–Kier alpha value is -1.56. The summed E-state index contributed by atoms with van der Waals surface area (Å²) in [5, 5.41) is 2.76. The number of ether oxygens (including phenoxy) is 1. The molecule has 0 aromatic heterocycles. The number of alkyl carbamates (subject to hydrolysis) is 1. The Kier molecular flexibility index (Phi) is 6.51. The van der Waals surface area contributed by atoms with Crippen molar-refractivity contribution in [3.8, 4) is 0 Å². The standard InChI is InChI=1S/C14H20BrN3O2/c1-5-7-13-12(17-14(19)20-6-2)8-11(15)9-18(13)10(3)16-4/h7-9H,5-6H2,1-4H3,(H,17,19)/b13-7+,16-10?. The highest BCUT2D eigenvalue weighted by atomic mass is 79.9. The Balaban J connectivity index is 3.10. The fraction of sp³-hybridized carbons (Fsp3) is 0.429. The van der Waals surface area contributed by atoms with Crippen LogP contribution >= 0.6 is 15.9 Å². The van der Waals surface area contributed by atoms with Crippen LogP contribution in [0.5, 0.6) is 0 Å². The molecule has 0 aromatic rings. The van der Waals surface area contributed by atoms with Gasteiger partial charge in [0.15, 0.2) is 0 Å². The van der Waals surface area contributed by atoms with E-state index in [0.717, 1.165) is 22.4 Å². The quantitative estimate of drug-likeness (QED) is 0.631. The minimum atomic E-state index is -0.464. The molecular weight excluding hydrogens is 322 g/mol. The number of rotatable bonds is 3. The molecule has 6 heteroatoms. The van der Waals surface area contributed by atoms with Crippen LogP contribution in [0.25, 0.3) is 0 Å². The van der Waals surface area contributed by atoms with Crippen LogP contribution in [0.1, 0.15) is 27.2 Å². The predicted molar refractivity (Wildman–Crippen MR) is 84.5 cm³/mol. The van der Waals surface area contributed by atoms with Gasteiger partial charge in [0.2, 0.25) is 0 Å². The van der Waals surface area contributed by atoms with E-state index in [1.165, 1.54) is 0 Å². The number of aliphatic imine (C=N–C) groups is 1. The number of nitrogens with one attached hydrogen (secondary N) is 1. The van der Waals surface area contributed by atoms with Crippen molar-refractivity contribution >= 4 is 27.9 Å². The fourth-order valence-electron chi connectivity index (χ4n) is 1.73. The number of hydrogen-bond acceptors (Lipinski definition) is 3. The third-order valence-electron chi connectivity index (χ3n) is 2.65. The van der Waals surface area contributed by atoms with E-state index in [0.29, 0.717) is 12.3 Å². The molecule has 20 heavy (non-hydrogen) atoms. The van der Waals surface area contributed by atoms with Crippen molar-refractivity contribution in [2.45, 2.75) is 27.2 Å². The molecule has 0 aromatic carbocycles. The Bertz CT molecular complexity index is 493. The van der Waals surface area contributed by atoms with Gasteiger partial charge in [0.1, 0.15) is 5.84 Å². The van der Waals surface area contributed by atoms with Gasteiger partial charge in [-0.3, -0.25) is 10.3 Å². The molecule has 0 atom stereocenters. The average Bonchev–Trinajstić information content (AvgIpc) is 2.40. The first kappa shape index (κ1) is 16.5. The second-order valence-corrected chi connectivity index (χ2v) is 4.97. The molecule has 0 fully saturated rings. The highest BCUT2D eigenvalue weighted by Gasteiger charge is 2.21. The zero-order chi connectivity index (χ0) is 15.1. The molecular formula is C14H20BrN3O2. The number of nitrogens with zero attached hydrogens (tertiary/aromatic N) is 2. The Morgan fingerprint density at radius 1 is 1.55 bits per heavy atom. The molecule has 0 bridgehead atoms. The van der Waals surface area contributed by atoms with E-state index in [2.05, 4.69) is 26.2 Å². The van der Waals surface area contributed by atoms with Crippen molar-refractivity contribution in [2.24, 2.45) is 4.99 Å². The topological polar surface area (TPSA) is 53.9 Å². The fourth-order valence-corrected chi connectivity index (χ4v) is 2.16. The number of halogens is 1. The SMILES string of the molecule is CC/C=C1\C(NC(=O)OCC)=CC(Br)=CN1C(C)=NC. The van der Waals surface area contributed by atoms with Crippen LogP contribution in [-0.4, -0.2) is 30.5 Å². The van der Waals surface area contributed by atoms with Gasteiger partial charge in [-0.05, 0) is 42.3 Å². The van der Waals surface area contributed by atoms with Gasteiger partial charge in [-0.2, -0.15) is 0 Å². The number of amides is 1. The lowest BCUT2D eigenvalue weighted by molar-refractivity contribution is 0.155. The molecule has 110 valence electrons. The summed E-state index contributed by atoms with van der Waals surface area (Å²) >= 11 is 3.44. The van der Waals surface area contributed by atoms with E-state index in [1.807, 2.05) is 37.1 Å². The third kappa shape index (κ3) is 4.23. The van der Waals surface area contributed by atoms with E-state index >= 15 is 0 Å². The molecule has 0 saturated heterocycles. The molecule has 1 aliphatic heterocycles. The number of hydrogen-bond donors (Lipinski definition) is 1. The minimum Gasteiger partial charge on any atom is -0.450 e. The zero-order valence-corrected chi connectivity index (χ0v) is 13.8. The van der Waals surface area contributed by atoms with Crippen molar-refractivity contribution in [1.82, 2.24) is 10.2 Å². The molecule has 0 radical (unpaired) electrons. The molecule has 1 N–H and O–H groups in total. The Labute approximate surface area is 128 Å². The summed E-state index contributed by atoms with van der Waals surface area (Å²) in [5.74, 6) is 0.831. The predicted octanol–water partition coefficient (Wildman–Crippen LogP) is 3.51. The molecule has 1 heterocycles. The molecule has 1 amide bonds. The molecule has 1 aliphatic rings. The molecule has 0 spiro atoms. The van der Waals surface area contributed by atoms with Gasteiger partial charge in [0.25, 0.3) is 0 Å². The van der Waals surface area contributed by atoms with Crippen LogP contribution < -0.4 is 5.32 Å². The summed E-state index contributed by atoms with van der Waals surface area (Å²) in [6.45, 7) is 6.06. The van der Waals surface area contributed by atoms with Gasteiger partial charge in [0.05, 0.1) is 18.0 Å². The highest BCUT2D eigenvalue weighted by molar-refractivity contribution is 9.11. The first-order chi connectivity index (χ1) is 9.53. The summed E-state index contributed by atoms with van der Waals surface area (Å²) in [4.78, 5) is 17.7. The van der Waals surface area contributed by atoms with E-state index in [9.17, 15) is 4.79 Å². The third-order valence-corrected chi connectivity index (χ3v) is 3.09. The Morgan fingerprint density at radius 2 is 2.25 bits per heavy atom. The molecule has 1 rings (SSSR count). The number of carbonyl (C=O) groups excluding carboxylic acids is 1. The van der Waals surface area contributed by atoms with Gasteiger partial charge in [-0.25, -0.2) is 4.79 Å². The van der Waals surface area contributed by atoms with Gasteiger partial charge in [-0.15, -0.1) is 0 Å². The normalized spacial score (nSPS) is 17.8. The van der Waals surface area contributed by atoms with Crippen molar-refractivity contribution in [2.75, 3.05) is 13.7 Å². The first-order valence-corrected chi connectivity index (χ1v) is 7.28. The monoisotopic (exact) mass is 341 g/mol. The Morgan fingerprint density at radius 3 is 2.80 bits per heavy atom. The molecule has 5 nitrogen and oxygen atoms in total. The van der Waals surface area contributed by atoms with E-state index in [-0.39, 0.29) is 0 Å². The van der Waals surface area contributed by atoms with E-state index < -0.39 is 6.09 Å². The lowest BCUT2D eigenvalue weighted by atomic mass is 10.1. The second-order valence-electron chi connectivity index (χ2n) is 4.06. The van der Waals surface area contributed by atoms with Crippen molar-refractivity contribution in [3.05, 3.63) is 34.2 Å². The maximum absolute atomic E-state index is 11.6. The summed E-state index contributed by atoms with van der Waals surface area (Å²) in [7, 11) is 1.73. The minimum absolute atomic E-state index is 0.335. The lowest BCUT2D eigenvalue weighted by Gasteiger charge is -2.28. The maximum atomic E-state index is 11.6. The van der Waals surface area contributed by atoms with Crippen LogP contribution in [0.4, 0.5) is 4.79 Å². The van der Waals surface area contributed by atoms with Crippen molar-refractivity contribution in [3.63, 3.8) is 0 Å². The number of amidine groups is 1. The van der Waals surface area contributed by atoms with Crippen LogP contribution in [-0.2, 0) is 4.74 Å². The number of carbonyl (C=O) groups is 1. The van der Waals surface area contributed by atoms with Gasteiger partial charge >= 0.3 is 6.09 Å². The lowest BCUT2D eigenvalue weighted by Crippen LogP contribution is -2.33. The first-order valence-electron chi connectivity index (χ1n) is 6.49. The largest absolute Gasteiger partial charge is 0.450 e. The van der Waals surface area contributed by atoms with Crippen LogP contribution in [0.3, 0.4) is 0 Å². The smallest absolute Gasteiger partial charge is 0.411 e. The summed E-state index contributed by atoms with van der Waals surface area (Å²) < 4.78 is 5.77. The second kappa shape index (κ2) is 7.89. The van der Waals surface area contributed by atoms with Crippen molar-refractivity contribution in [1.29, 1.82) is 0 Å². The van der Waals surface area contributed by atoms with Gasteiger partial charge in [0, 0.05) is 17.7 Å². The molecule has 0 saturated carbocycles. The van der Waals surface area contributed by atoms with Crippen molar-refractivity contribution < 1.29 is 9.53 Å². The van der Waals surface area contributed by atoms with E-state index in [4.69, 9.17) is 4.74 Å². The summed E-state index contributed by atoms with van der Waals surface area (Å²) in [6, 6.07) is 0. The number of allylic oxidation sites excluding steroid dienone is 3.